The standard InChI is InChI=1S/C20H21N/c1-13-11-12-14(2)19-18(13)16-9-6-10-17(16)20(21-19)15-7-4-3-5-8-15/h3-9,11-12,16-17,20-21H,10H2,1-2H3. The largest absolute Gasteiger partial charge is 0.377 e. The van der Waals surface area contributed by atoms with Gasteiger partial charge in [0.2, 0.25) is 0 Å². The van der Waals surface area contributed by atoms with Crippen LogP contribution in [0.2, 0.25) is 0 Å². The molecule has 4 rings (SSSR count). The molecule has 2 aromatic rings. The van der Waals surface area contributed by atoms with E-state index in [1.165, 1.54) is 34.4 Å². The fourth-order valence-corrected chi connectivity index (χ4v) is 4.03. The molecule has 1 aliphatic carbocycles. The molecule has 2 aliphatic rings. The molecule has 0 aromatic heterocycles. The van der Waals surface area contributed by atoms with Crippen molar-refractivity contribution in [2.75, 3.05) is 5.32 Å². The molecular formula is C20H21N. The third-order valence-electron chi connectivity index (χ3n) is 5.10. The third-order valence-corrected chi connectivity index (χ3v) is 5.10. The summed E-state index contributed by atoms with van der Waals surface area (Å²) >= 11 is 0. The molecule has 106 valence electrons. The first-order valence-electron chi connectivity index (χ1n) is 7.84. The Morgan fingerprint density at radius 3 is 2.52 bits per heavy atom. The number of anilines is 1. The first kappa shape index (κ1) is 12.7. The quantitative estimate of drug-likeness (QED) is 0.711. The van der Waals surface area contributed by atoms with Crippen LogP contribution < -0.4 is 5.32 Å². The highest BCUT2D eigenvalue weighted by atomic mass is 15.0. The molecule has 0 spiro atoms. The summed E-state index contributed by atoms with van der Waals surface area (Å²) in [6.07, 6.45) is 5.96. The summed E-state index contributed by atoms with van der Waals surface area (Å²) in [4.78, 5) is 0. The van der Waals surface area contributed by atoms with Gasteiger partial charge in [-0.15, -0.1) is 0 Å². The van der Waals surface area contributed by atoms with Crippen molar-refractivity contribution >= 4 is 5.69 Å². The van der Waals surface area contributed by atoms with E-state index in [4.69, 9.17) is 0 Å². The zero-order valence-corrected chi connectivity index (χ0v) is 12.6. The normalized spacial score (nSPS) is 26.1. The first-order valence-corrected chi connectivity index (χ1v) is 7.84. The molecule has 1 aliphatic heterocycles. The van der Waals surface area contributed by atoms with Gasteiger partial charge in [-0.1, -0.05) is 54.6 Å². The fourth-order valence-electron chi connectivity index (χ4n) is 4.03. The Balaban J connectivity index is 1.86. The number of hydrogen-bond donors (Lipinski definition) is 1. The highest BCUT2D eigenvalue weighted by Crippen LogP contribution is 2.51. The molecule has 1 nitrogen and oxygen atoms in total. The maximum Gasteiger partial charge on any atom is 0.0554 e. The van der Waals surface area contributed by atoms with E-state index in [9.17, 15) is 0 Å². The van der Waals surface area contributed by atoms with Gasteiger partial charge in [0, 0.05) is 11.6 Å². The third kappa shape index (κ3) is 1.91. The topological polar surface area (TPSA) is 12.0 Å². The second-order valence-corrected chi connectivity index (χ2v) is 6.37. The monoisotopic (exact) mass is 275 g/mol. The van der Waals surface area contributed by atoms with Crippen LogP contribution in [0.5, 0.6) is 0 Å². The molecule has 21 heavy (non-hydrogen) atoms. The van der Waals surface area contributed by atoms with Crippen LogP contribution in [-0.2, 0) is 0 Å². The highest BCUT2D eigenvalue weighted by Gasteiger charge is 2.38. The maximum atomic E-state index is 3.85. The predicted octanol–water partition coefficient (Wildman–Crippen LogP) is 5.13. The van der Waals surface area contributed by atoms with Crippen molar-refractivity contribution in [3.63, 3.8) is 0 Å². The Hall–Kier alpha value is -2.02. The van der Waals surface area contributed by atoms with Crippen molar-refractivity contribution < 1.29 is 0 Å². The van der Waals surface area contributed by atoms with Crippen molar-refractivity contribution in [3.05, 3.63) is 76.9 Å². The van der Waals surface area contributed by atoms with E-state index in [2.05, 4.69) is 73.8 Å². The van der Waals surface area contributed by atoms with Crippen LogP contribution in [0, 0.1) is 19.8 Å². The van der Waals surface area contributed by atoms with Crippen molar-refractivity contribution in [1.82, 2.24) is 0 Å². The molecule has 3 unspecified atom stereocenters. The average Bonchev–Trinajstić information content (AvgIpc) is 3.00. The van der Waals surface area contributed by atoms with Gasteiger partial charge in [-0.2, -0.15) is 0 Å². The minimum absolute atomic E-state index is 0.416. The molecule has 0 saturated heterocycles. The second-order valence-electron chi connectivity index (χ2n) is 6.37. The van der Waals surface area contributed by atoms with Gasteiger partial charge >= 0.3 is 0 Å². The number of hydrogen-bond acceptors (Lipinski definition) is 1. The summed E-state index contributed by atoms with van der Waals surface area (Å²) in [5, 5.41) is 3.85. The second kappa shape index (κ2) is 4.77. The summed E-state index contributed by atoms with van der Waals surface area (Å²) in [6.45, 7) is 4.46. The molecule has 1 heterocycles. The Morgan fingerprint density at radius 1 is 0.952 bits per heavy atom. The minimum atomic E-state index is 0.416. The number of fused-ring (bicyclic) bond motifs is 3. The van der Waals surface area contributed by atoms with E-state index >= 15 is 0 Å². The summed E-state index contributed by atoms with van der Waals surface area (Å²) in [5.74, 6) is 1.20. The zero-order valence-electron chi connectivity index (χ0n) is 12.6. The van der Waals surface area contributed by atoms with E-state index in [1.54, 1.807) is 0 Å². The van der Waals surface area contributed by atoms with Crippen LogP contribution in [0.25, 0.3) is 0 Å². The van der Waals surface area contributed by atoms with E-state index in [1.807, 2.05) is 0 Å². The fraction of sp³-hybridized carbons (Fsp3) is 0.300. The van der Waals surface area contributed by atoms with Gasteiger partial charge in [0.05, 0.1) is 6.04 Å². The summed E-state index contributed by atoms with van der Waals surface area (Å²) in [5.41, 5.74) is 7.05. The Morgan fingerprint density at radius 2 is 1.71 bits per heavy atom. The van der Waals surface area contributed by atoms with E-state index in [-0.39, 0.29) is 0 Å². The molecule has 0 saturated carbocycles. The average molecular weight is 275 g/mol. The summed E-state index contributed by atoms with van der Waals surface area (Å²) in [6, 6.07) is 15.8. The zero-order chi connectivity index (χ0) is 14.4. The molecular weight excluding hydrogens is 254 g/mol. The number of rotatable bonds is 1. The summed E-state index contributed by atoms with van der Waals surface area (Å²) < 4.78 is 0. The van der Waals surface area contributed by atoms with E-state index in [0.29, 0.717) is 17.9 Å². The van der Waals surface area contributed by atoms with E-state index < -0.39 is 0 Å². The minimum Gasteiger partial charge on any atom is -0.377 e. The lowest BCUT2D eigenvalue weighted by atomic mass is 9.75. The Kier molecular flexibility index (Phi) is 2.88. The van der Waals surface area contributed by atoms with Gasteiger partial charge in [-0.3, -0.25) is 0 Å². The van der Waals surface area contributed by atoms with Crippen LogP contribution in [-0.4, -0.2) is 0 Å². The molecule has 0 amide bonds. The maximum absolute atomic E-state index is 3.85. The Labute approximate surface area is 126 Å². The first-order chi connectivity index (χ1) is 10.3. The van der Waals surface area contributed by atoms with Gasteiger partial charge in [0.1, 0.15) is 0 Å². The van der Waals surface area contributed by atoms with Gasteiger partial charge in [0.15, 0.2) is 0 Å². The molecule has 1 heteroatoms. The number of benzene rings is 2. The number of allylic oxidation sites excluding steroid dienone is 2. The van der Waals surface area contributed by atoms with Crippen LogP contribution >= 0.6 is 0 Å². The van der Waals surface area contributed by atoms with Crippen molar-refractivity contribution in [3.8, 4) is 0 Å². The van der Waals surface area contributed by atoms with Gasteiger partial charge in [0.25, 0.3) is 0 Å². The lowest BCUT2D eigenvalue weighted by molar-refractivity contribution is 0.424. The van der Waals surface area contributed by atoms with Crippen molar-refractivity contribution in [1.29, 1.82) is 0 Å². The molecule has 2 aromatic carbocycles. The van der Waals surface area contributed by atoms with Gasteiger partial charge in [-0.25, -0.2) is 0 Å². The van der Waals surface area contributed by atoms with Crippen molar-refractivity contribution in [2.45, 2.75) is 32.2 Å². The molecule has 0 fully saturated rings. The highest BCUT2D eigenvalue weighted by molar-refractivity contribution is 5.66. The van der Waals surface area contributed by atoms with Crippen molar-refractivity contribution in [2.24, 2.45) is 5.92 Å². The molecule has 0 radical (unpaired) electrons. The molecule has 0 bridgehead atoms. The number of nitrogens with one attached hydrogen (secondary N) is 1. The van der Waals surface area contributed by atoms with Gasteiger partial charge < -0.3 is 5.32 Å². The van der Waals surface area contributed by atoms with Crippen LogP contribution in [0.4, 0.5) is 5.69 Å². The molecule has 3 atom stereocenters. The van der Waals surface area contributed by atoms with Crippen LogP contribution in [0.3, 0.4) is 0 Å². The predicted molar refractivity (Wildman–Crippen MR) is 88.7 cm³/mol. The summed E-state index contributed by atoms with van der Waals surface area (Å²) in [7, 11) is 0. The molecule has 1 N–H and O–H groups in total. The van der Waals surface area contributed by atoms with Crippen LogP contribution in [0.15, 0.2) is 54.6 Å². The van der Waals surface area contributed by atoms with Crippen LogP contribution in [0.1, 0.15) is 40.6 Å². The lowest BCUT2D eigenvalue weighted by Crippen LogP contribution is -2.30. The van der Waals surface area contributed by atoms with E-state index in [0.717, 1.165) is 0 Å². The number of aryl methyl sites for hydroxylation is 2. The Bertz CT molecular complexity index is 699. The van der Waals surface area contributed by atoms with Gasteiger partial charge in [-0.05, 0) is 48.4 Å². The smallest absolute Gasteiger partial charge is 0.0554 e. The lowest BCUT2D eigenvalue weighted by Gasteiger charge is -2.39. The SMILES string of the molecule is Cc1ccc(C)c2c1NC(c1ccccc1)C1CC=CC21.